The smallest absolute Gasteiger partial charge is 0.255 e. The number of aryl methyl sites for hydroxylation is 1. The fraction of sp³-hybridized carbons (Fsp3) is 0.0385. The van der Waals surface area contributed by atoms with Crippen LogP contribution in [0.3, 0.4) is 0 Å². The third kappa shape index (κ3) is 3.32. The summed E-state index contributed by atoms with van der Waals surface area (Å²) in [4.78, 5) is 43.5. The van der Waals surface area contributed by atoms with E-state index in [4.69, 9.17) is 4.98 Å². The van der Waals surface area contributed by atoms with Crippen molar-refractivity contribution in [2.75, 3.05) is 0 Å². The van der Waals surface area contributed by atoms with Crippen molar-refractivity contribution in [3.63, 3.8) is 0 Å². The van der Waals surface area contributed by atoms with Gasteiger partial charge in [-0.2, -0.15) is 0 Å². The maximum Gasteiger partial charge on any atom is 0.255 e. The molecule has 0 aliphatic heterocycles. The predicted molar refractivity (Wildman–Crippen MR) is 135 cm³/mol. The van der Waals surface area contributed by atoms with Crippen molar-refractivity contribution in [1.82, 2.24) is 24.5 Å². The number of pyridine rings is 4. The Kier molecular flexibility index (Phi) is 4.67. The average molecular weight is 464 g/mol. The summed E-state index contributed by atoms with van der Waals surface area (Å²) in [5, 5.41) is 2.32. The molecule has 0 saturated heterocycles. The van der Waals surface area contributed by atoms with Crippen LogP contribution >= 0.6 is 11.3 Å². The number of nitrogens with zero attached hydrogens (tertiary/aromatic N) is 4. The molecule has 6 aromatic rings. The predicted octanol–water partition coefficient (Wildman–Crippen LogP) is 4.72. The second-order valence-electron chi connectivity index (χ2n) is 7.85. The molecule has 0 unspecified atom stereocenters. The minimum atomic E-state index is -0.278. The topological polar surface area (TPSA) is 93.5 Å². The van der Waals surface area contributed by atoms with Crippen LogP contribution in [0.1, 0.15) is 5.01 Å². The Morgan fingerprint density at radius 3 is 2.74 bits per heavy atom. The van der Waals surface area contributed by atoms with Crippen LogP contribution in [-0.4, -0.2) is 24.5 Å². The van der Waals surface area contributed by atoms with Gasteiger partial charge in [-0.25, -0.2) is 9.97 Å². The summed E-state index contributed by atoms with van der Waals surface area (Å²) in [5.74, 6) is 0. The Bertz CT molecular complexity index is 1830. The second-order valence-corrected chi connectivity index (χ2v) is 9.08. The van der Waals surface area contributed by atoms with Gasteiger partial charge < -0.3 is 4.98 Å². The lowest BCUT2D eigenvalue weighted by molar-refractivity contribution is 0.972. The molecule has 8 heteroatoms. The molecule has 0 saturated carbocycles. The molecule has 6 rings (SSSR count). The van der Waals surface area contributed by atoms with Crippen molar-refractivity contribution in [3.8, 4) is 27.4 Å². The van der Waals surface area contributed by atoms with E-state index in [1.807, 2.05) is 43.3 Å². The van der Waals surface area contributed by atoms with Crippen LogP contribution in [-0.2, 0) is 0 Å². The van der Waals surface area contributed by atoms with Crippen LogP contribution in [0.2, 0.25) is 0 Å². The summed E-state index contributed by atoms with van der Waals surface area (Å²) in [6.45, 7) is 1.95. The zero-order chi connectivity index (χ0) is 23.2. The van der Waals surface area contributed by atoms with Crippen LogP contribution in [0, 0.1) is 6.92 Å². The minimum Gasteiger partial charge on any atom is -0.344 e. The second kappa shape index (κ2) is 7.86. The van der Waals surface area contributed by atoms with Gasteiger partial charge in [0.15, 0.2) is 0 Å². The zero-order valence-corrected chi connectivity index (χ0v) is 18.8. The molecule has 5 heterocycles. The van der Waals surface area contributed by atoms with Gasteiger partial charge in [0, 0.05) is 41.8 Å². The highest BCUT2D eigenvalue weighted by atomic mass is 32.1. The Morgan fingerprint density at radius 1 is 1.00 bits per heavy atom. The van der Waals surface area contributed by atoms with Gasteiger partial charge in [-0.05, 0) is 42.8 Å². The number of hydrogen-bond donors (Lipinski definition) is 1. The van der Waals surface area contributed by atoms with Gasteiger partial charge in [-0.3, -0.25) is 19.1 Å². The molecule has 1 aromatic carbocycles. The standard InChI is InChI=1S/C26H17N5O2S/c1-15-28-14-22(34-15)24-18(16-7-8-20-17(11-16)5-4-9-27-20)12-19-25(33)21(13-29-26(19)30-24)31-10-3-2-6-23(31)32/h2-14H,1H3,(H,29,30,33). The summed E-state index contributed by atoms with van der Waals surface area (Å²) in [7, 11) is 0. The minimum absolute atomic E-state index is 0.245. The molecular weight excluding hydrogens is 446 g/mol. The van der Waals surface area contributed by atoms with E-state index in [9.17, 15) is 9.59 Å². The van der Waals surface area contributed by atoms with Gasteiger partial charge in [0.25, 0.3) is 5.56 Å². The van der Waals surface area contributed by atoms with E-state index in [1.165, 1.54) is 16.8 Å². The first-order valence-corrected chi connectivity index (χ1v) is 11.4. The van der Waals surface area contributed by atoms with Crippen molar-refractivity contribution in [2.45, 2.75) is 6.92 Å². The molecule has 0 aliphatic rings. The van der Waals surface area contributed by atoms with Gasteiger partial charge in [0.2, 0.25) is 5.43 Å². The van der Waals surface area contributed by atoms with E-state index in [0.717, 1.165) is 37.6 Å². The number of rotatable bonds is 3. The first-order chi connectivity index (χ1) is 16.6. The number of thiazole rings is 1. The summed E-state index contributed by atoms with van der Waals surface area (Å²) >= 11 is 1.54. The van der Waals surface area contributed by atoms with E-state index in [-0.39, 0.29) is 16.7 Å². The fourth-order valence-electron chi connectivity index (χ4n) is 4.06. The average Bonchev–Trinajstić information content (AvgIpc) is 3.30. The van der Waals surface area contributed by atoms with Crippen molar-refractivity contribution in [1.29, 1.82) is 0 Å². The molecular formula is C26H17N5O2S. The molecule has 0 radical (unpaired) electrons. The molecule has 0 atom stereocenters. The number of benzene rings is 1. The van der Waals surface area contributed by atoms with Crippen LogP contribution in [0.4, 0.5) is 0 Å². The van der Waals surface area contributed by atoms with Gasteiger partial charge in [-0.1, -0.05) is 18.2 Å². The molecule has 34 heavy (non-hydrogen) atoms. The molecule has 1 N–H and O–H groups in total. The van der Waals surface area contributed by atoms with Crippen molar-refractivity contribution in [2.24, 2.45) is 0 Å². The first kappa shape index (κ1) is 20.2. The van der Waals surface area contributed by atoms with Crippen molar-refractivity contribution >= 4 is 33.3 Å². The Hall–Kier alpha value is -4.43. The molecule has 0 fully saturated rings. The normalized spacial score (nSPS) is 11.3. The van der Waals surface area contributed by atoms with Crippen molar-refractivity contribution in [3.05, 3.63) is 105 Å². The number of fused-ring (bicyclic) bond motifs is 2. The Labute approximate surface area is 197 Å². The maximum atomic E-state index is 13.5. The van der Waals surface area contributed by atoms with E-state index in [1.54, 1.807) is 42.1 Å². The molecule has 164 valence electrons. The lowest BCUT2D eigenvalue weighted by atomic mass is 9.99. The Morgan fingerprint density at radius 2 is 1.91 bits per heavy atom. The highest BCUT2D eigenvalue weighted by Crippen LogP contribution is 2.36. The van der Waals surface area contributed by atoms with Gasteiger partial charge in [0.05, 0.1) is 26.5 Å². The number of nitrogens with one attached hydrogen (secondary N) is 1. The summed E-state index contributed by atoms with van der Waals surface area (Å²) in [6, 6.07) is 16.5. The molecule has 0 amide bonds. The van der Waals surface area contributed by atoms with Crippen LogP contribution in [0.25, 0.3) is 49.3 Å². The third-order valence-corrected chi connectivity index (χ3v) is 6.62. The first-order valence-electron chi connectivity index (χ1n) is 10.6. The van der Waals surface area contributed by atoms with E-state index in [0.29, 0.717) is 11.0 Å². The van der Waals surface area contributed by atoms with Crippen molar-refractivity contribution < 1.29 is 0 Å². The monoisotopic (exact) mass is 463 g/mol. The van der Waals surface area contributed by atoms with Crippen LogP contribution in [0.5, 0.6) is 0 Å². The summed E-state index contributed by atoms with van der Waals surface area (Å²) in [5.41, 5.74) is 3.49. The van der Waals surface area contributed by atoms with E-state index in [2.05, 4.69) is 15.0 Å². The van der Waals surface area contributed by atoms with E-state index >= 15 is 0 Å². The molecule has 0 spiro atoms. The summed E-state index contributed by atoms with van der Waals surface area (Å²) < 4.78 is 1.33. The van der Waals surface area contributed by atoms with E-state index < -0.39 is 0 Å². The highest BCUT2D eigenvalue weighted by Gasteiger charge is 2.17. The van der Waals surface area contributed by atoms with Gasteiger partial charge >= 0.3 is 0 Å². The fourth-order valence-corrected chi connectivity index (χ4v) is 4.85. The summed E-state index contributed by atoms with van der Waals surface area (Å²) in [6.07, 6.45) is 6.67. The van der Waals surface area contributed by atoms with Crippen LogP contribution < -0.4 is 11.0 Å². The SMILES string of the molecule is Cc1ncc(-c2nc3[nH]cc(-n4ccccc4=O)c(=O)c3cc2-c2ccc3ncccc3c2)s1. The number of aromatic nitrogens is 5. The van der Waals surface area contributed by atoms with Gasteiger partial charge in [-0.15, -0.1) is 11.3 Å². The number of aromatic amines is 1. The lowest BCUT2D eigenvalue weighted by Crippen LogP contribution is -2.23. The molecule has 0 aliphatic carbocycles. The lowest BCUT2D eigenvalue weighted by Gasteiger charge is -2.12. The zero-order valence-electron chi connectivity index (χ0n) is 18.0. The van der Waals surface area contributed by atoms with Gasteiger partial charge in [0.1, 0.15) is 11.3 Å². The molecule has 7 nitrogen and oxygen atoms in total. The number of hydrogen-bond acceptors (Lipinski definition) is 6. The molecule has 0 bridgehead atoms. The largest absolute Gasteiger partial charge is 0.344 e. The maximum absolute atomic E-state index is 13.5. The third-order valence-electron chi connectivity index (χ3n) is 5.70. The quantitative estimate of drug-likeness (QED) is 0.410. The highest BCUT2D eigenvalue weighted by molar-refractivity contribution is 7.15. The Balaban J connectivity index is 1.66. The number of H-pyrrole nitrogens is 1. The molecule has 5 aromatic heterocycles. The van der Waals surface area contributed by atoms with Crippen LogP contribution in [0.15, 0.2) is 89.0 Å².